The van der Waals surface area contributed by atoms with Crippen LogP contribution < -0.4 is 9.47 Å². The standard InChI is InChI=1S/2C26H29N3O/c2*1-17-8-5-9-19(27-17)20-10-6-11-21(28-20)22-12-7-13-24(29-22)30-23-16-18-14-15-26(23,4)25(18,2)3/h2*5-13,18,23H,14-16H2,1-4H3/t2*18-,23+,26+/m00/s1. The van der Waals surface area contributed by atoms with Gasteiger partial charge in [-0.1, -0.05) is 77.9 Å². The van der Waals surface area contributed by atoms with Crippen LogP contribution in [0.3, 0.4) is 0 Å². The lowest BCUT2D eigenvalue weighted by Crippen LogP contribution is -2.39. The molecule has 0 saturated heterocycles. The van der Waals surface area contributed by atoms with Crippen molar-refractivity contribution in [1.29, 1.82) is 0 Å². The molecular weight excluding hydrogens is 741 g/mol. The molecule has 0 amide bonds. The number of pyridine rings is 6. The van der Waals surface area contributed by atoms with E-state index < -0.39 is 0 Å². The smallest absolute Gasteiger partial charge is 0.214 e. The van der Waals surface area contributed by atoms with Gasteiger partial charge in [0.25, 0.3) is 0 Å². The first-order valence-electron chi connectivity index (χ1n) is 21.8. The van der Waals surface area contributed by atoms with E-state index in [2.05, 4.69) is 51.5 Å². The van der Waals surface area contributed by atoms with Crippen molar-refractivity contribution in [2.24, 2.45) is 33.5 Å². The zero-order chi connectivity index (χ0) is 41.9. The third-order valence-electron chi connectivity index (χ3n) is 15.7. The third kappa shape index (κ3) is 7.05. The van der Waals surface area contributed by atoms with Crippen molar-refractivity contribution in [2.75, 3.05) is 0 Å². The molecule has 6 aromatic heterocycles. The monoisotopic (exact) mass is 798 g/mol. The van der Waals surface area contributed by atoms with Crippen LogP contribution in [-0.2, 0) is 0 Å². The quantitative estimate of drug-likeness (QED) is 0.150. The summed E-state index contributed by atoms with van der Waals surface area (Å²) in [7, 11) is 0. The Balaban J connectivity index is 0.000000154. The molecule has 4 saturated carbocycles. The van der Waals surface area contributed by atoms with Crippen molar-refractivity contribution in [2.45, 2.75) is 106 Å². The predicted octanol–water partition coefficient (Wildman–Crippen LogP) is 12.2. The number of nitrogens with zero attached hydrogens (tertiary/aromatic N) is 6. The first-order valence-corrected chi connectivity index (χ1v) is 21.8. The van der Waals surface area contributed by atoms with Gasteiger partial charge in [0.15, 0.2) is 0 Å². The SMILES string of the molecule is Cc1cccc(-c2cccc(-c3cccc(O[C@@H]4C[C@@H]5CC[C@@]4(C)C5(C)C)n3)n2)n1.Cc1cccc(-c2cccc(-c3cccc(O[C@@H]4C[C@@H]5CC[C@@]4(C)C5(C)C)n3)n2)n1. The molecule has 0 N–H and O–H groups in total. The average Bonchev–Trinajstić information content (AvgIpc) is 3.77. The molecular formula is C52H58N6O2. The summed E-state index contributed by atoms with van der Waals surface area (Å²) in [6.07, 6.45) is 7.82. The maximum atomic E-state index is 6.49. The van der Waals surface area contributed by atoms with Crippen LogP contribution in [0, 0.1) is 47.3 Å². The minimum absolute atomic E-state index is 0.213. The van der Waals surface area contributed by atoms with Crippen molar-refractivity contribution < 1.29 is 9.47 Å². The summed E-state index contributed by atoms with van der Waals surface area (Å²) in [5.41, 5.74) is 9.82. The van der Waals surface area contributed by atoms with Gasteiger partial charge in [-0.2, -0.15) is 0 Å². The molecule has 0 aliphatic heterocycles. The van der Waals surface area contributed by atoms with Crippen molar-refractivity contribution in [3.63, 3.8) is 0 Å². The molecule has 308 valence electrons. The van der Waals surface area contributed by atoms with Gasteiger partial charge < -0.3 is 9.47 Å². The highest BCUT2D eigenvalue weighted by Crippen LogP contribution is 2.67. The molecule has 8 nitrogen and oxygen atoms in total. The minimum Gasteiger partial charge on any atom is -0.474 e. The van der Waals surface area contributed by atoms with Gasteiger partial charge in [0, 0.05) is 34.4 Å². The lowest BCUT2D eigenvalue weighted by molar-refractivity contribution is 0.0273. The van der Waals surface area contributed by atoms with Gasteiger partial charge in [-0.05, 0) is 136 Å². The van der Waals surface area contributed by atoms with E-state index in [9.17, 15) is 0 Å². The van der Waals surface area contributed by atoms with Crippen molar-refractivity contribution in [1.82, 2.24) is 29.9 Å². The van der Waals surface area contributed by atoms with Crippen molar-refractivity contribution in [3.8, 4) is 57.3 Å². The lowest BCUT2D eigenvalue weighted by atomic mass is 9.70. The van der Waals surface area contributed by atoms with E-state index in [-0.39, 0.29) is 23.0 Å². The van der Waals surface area contributed by atoms with Crippen LogP contribution >= 0.6 is 0 Å². The Morgan fingerprint density at radius 1 is 0.400 bits per heavy atom. The molecule has 4 bridgehead atoms. The topological polar surface area (TPSA) is 95.8 Å². The van der Waals surface area contributed by atoms with Crippen LogP contribution in [0.4, 0.5) is 0 Å². The van der Waals surface area contributed by atoms with Gasteiger partial charge in [0.1, 0.15) is 12.2 Å². The second kappa shape index (κ2) is 15.2. The highest BCUT2D eigenvalue weighted by atomic mass is 16.5. The number of fused-ring (bicyclic) bond motifs is 4. The van der Waals surface area contributed by atoms with Crippen LogP contribution in [0.1, 0.15) is 91.5 Å². The summed E-state index contributed by atoms with van der Waals surface area (Å²) in [6.45, 7) is 18.4. The summed E-state index contributed by atoms with van der Waals surface area (Å²) < 4.78 is 13.0. The van der Waals surface area contributed by atoms with E-state index >= 15 is 0 Å². The number of aryl methyl sites for hydroxylation is 2. The molecule has 6 atom stereocenters. The van der Waals surface area contributed by atoms with E-state index in [0.29, 0.717) is 22.6 Å². The van der Waals surface area contributed by atoms with Crippen LogP contribution in [0.15, 0.2) is 109 Å². The summed E-state index contributed by atoms with van der Waals surface area (Å²) in [4.78, 5) is 28.5. The Hall–Kier alpha value is -5.50. The summed E-state index contributed by atoms with van der Waals surface area (Å²) in [5.74, 6) is 2.89. The highest BCUT2D eigenvalue weighted by molar-refractivity contribution is 5.63. The molecule has 0 radical (unpaired) electrons. The number of rotatable bonds is 8. The summed E-state index contributed by atoms with van der Waals surface area (Å²) in [5, 5.41) is 0. The Labute approximate surface area is 355 Å². The minimum atomic E-state index is 0.213. The molecule has 4 aliphatic carbocycles. The normalized spacial score (nSPS) is 26.7. The maximum Gasteiger partial charge on any atom is 0.214 e. The van der Waals surface area contributed by atoms with Gasteiger partial charge >= 0.3 is 0 Å². The Morgan fingerprint density at radius 2 is 0.700 bits per heavy atom. The zero-order valence-electron chi connectivity index (χ0n) is 36.4. The largest absolute Gasteiger partial charge is 0.474 e. The van der Waals surface area contributed by atoms with Gasteiger partial charge in [-0.25, -0.2) is 19.9 Å². The van der Waals surface area contributed by atoms with Crippen LogP contribution in [0.25, 0.3) is 45.6 Å². The highest BCUT2D eigenvalue weighted by Gasteiger charge is 2.63. The van der Waals surface area contributed by atoms with Gasteiger partial charge in [0.05, 0.1) is 45.6 Å². The van der Waals surface area contributed by atoms with Crippen LogP contribution in [0.2, 0.25) is 0 Å². The average molecular weight is 799 g/mol. The van der Waals surface area contributed by atoms with E-state index in [4.69, 9.17) is 29.4 Å². The van der Waals surface area contributed by atoms with E-state index in [1.807, 2.05) is 123 Å². The molecule has 8 heteroatoms. The number of ether oxygens (including phenoxy) is 2. The molecule has 0 unspecified atom stereocenters. The van der Waals surface area contributed by atoms with Gasteiger partial charge in [0.2, 0.25) is 11.8 Å². The van der Waals surface area contributed by atoms with Crippen molar-refractivity contribution in [3.05, 3.63) is 121 Å². The van der Waals surface area contributed by atoms with E-state index in [0.717, 1.165) is 81.6 Å². The third-order valence-corrected chi connectivity index (χ3v) is 15.7. The van der Waals surface area contributed by atoms with Crippen LogP contribution in [-0.4, -0.2) is 42.1 Å². The van der Waals surface area contributed by atoms with Gasteiger partial charge in [-0.3, -0.25) is 9.97 Å². The van der Waals surface area contributed by atoms with Crippen LogP contribution in [0.5, 0.6) is 11.8 Å². The fourth-order valence-corrected chi connectivity index (χ4v) is 11.0. The first kappa shape index (κ1) is 39.9. The Kier molecular flexibility index (Phi) is 10.1. The fourth-order valence-electron chi connectivity index (χ4n) is 11.0. The first-order chi connectivity index (χ1) is 28.7. The molecule has 60 heavy (non-hydrogen) atoms. The second-order valence-corrected chi connectivity index (χ2v) is 19.3. The second-order valence-electron chi connectivity index (χ2n) is 19.3. The fraction of sp³-hybridized carbons (Fsp3) is 0.423. The number of aromatic nitrogens is 6. The number of hydrogen-bond acceptors (Lipinski definition) is 8. The Morgan fingerprint density at radius 3 is 1.00 bits per heavy atom. The van der Waals surface area contributed by atoms with E-state index in [1.165, 1.54) is 25.7 Å². The van der Waals surface area contributed by atoms with Gasteiger partial charge in [-0.15, -0.1) is 0 Å². The molecule has 6 aromatic rings. The maximum absolute atomic E-state index is 6.49. The molecule has 0 aromatic carbocycles. The molecule has 6 heterocycles. The lowest BCUT2D eigenvalue weighted by Gasteiger charge is -2.38. The predicted molar refractivity (Wildman–Crippen MR) is 238 cm³/mol. The van der Waals surface area contributed by atoms with E-state index in [1.54, 1.807) is 0 Å². The van der Waals surface area contributed by atoms with Crippen molar-refractivity contribution >= 4 is 0 Å². The molecule has 0 spiro atoms. The summed E-state index contributed by atoms with van der Waals surface area (Å²) in [6, 6.07) is 35.9. The zero-order valence-corrected chi connectivity index (χ0v) is 36.4. The molecule has 10 rings (SSSR count). The Bertz CT molecular complexity index is 2360. The number of hydrogen-bond donors (Lipinski definition) is 0. The molecule has 4 aliphatic rings. The summed E-state index contributed by atoms with van der Waals surface area (Å²) >= 11 is 0. The molecule has 4 fully saturated rings.